The summed E-state index contributed by atoms with van der Waals surface area (Å²) in [6.45, 7) is 2.32. The predicted octanol–water partition coefficient (Wildman–Crippen LogP) is 2.83. The molecule has 0 spiro atoms. The number of aliphatic hydroxyl groups is 1. The second-order valence-electron chi connectivity index (χ2n) is 8.45. The molecule has 4 rings (SSSR count). The molecule has 11 heteroatoms. The molecular weight excluding hydrogens is 471 g/mol. The smallest absolute Gasteiger partial charge is 0.257 e. The summed E-state index contributed by atoms with van der Waals surface area (Å²) in [5.74, 6) is -0.912. The summed E-state index contributed by atoms with van der Waals surface area (Å²) >= 11 is 0. The van der Waals surface area contributed by atoms with E-state index in [4.69, 9.17) is 14.2 Å². The number of hydrogen-bond donors (Lipinski definition) is 2. The third-order valence-corrected chi connectivity index (χ3v) is 5.57. The van der Waals surface area contributed by atoms with E-state index in [-0.39, 0.29) is 47.0 Å². The minimum Gasteiger partial charge on any atom is -0.488 e. The van der Waals surface area contributed by atoms with Gasteiger partial charge in [0.1, 0.15) is 17.6 Å². The molecule has 1 saturated heterocycles. The molecular formula is C25H27FN4O6. The molecule has 0 unspecified atom stereocenters. The van der Waals surface area contributed by atoms with Crippen molar-refractivity contribution in [1.29, 1.82) is 0 Å². The third-order valence-electron chi connectivity index (χ3n) is 5.57. The van der Waals surface area contributed by atoms with Crippen molar-refractivity contribution in [2.24, 2.45) is 7.05 Å². The average Bonchev–Trinajstić information content (AvgIpc) is 3.23. The Hall–Kier alpha value is -3.96. The first-order valence-corrected chi connectivity index (χ1v) is 11.3. The van der Waals surface area contributed by atoms with Crippen molar-refractivity contribution >= 4 is 17.6 Å². The Labute approximate surface area is 207 Å². The van der Waals surface area contributed by atoms with Crippen LogP contribution in [0.3, 0.4) is 0 Å². The van der Waals surface area contributed by atoms with Gasteiger partial charge in [-0.3, -0.25) is 14.3 Å². The highest BCUT2D eigenvalue weighted by molar-refractivity contribution is 6.04. The van der Waals surface area contributed by atoms with E-state index in [9.17, 15) is 19.1 Å². The standard InChI is InChI=1S/C25H27FN4O6/c1-15(14-31)35-18-8-17(24(32)27-23-6-7-29(2)28-23)9-19(11-18)36-22-5-4-16(10-21(22)26)25(33)30-12-20(13-30)34-3/h4-11,15,20,31H,12-14H2,1-3H3,(H,27,28,32)/t15-/m0/s1. The Kier molecular flexibility index (Phi) is 7.51. The topological polar surface area (TPSA) is 115 Å². The fourth-order valence-corrected chi connectivity index (χ4v) is 3.55. The average molecular weight is 499 g/mol. The molecule has 1 aliphatic heterocycles. The van der Waals surface area contributed by atoms with Crippen molar-refractivity contribution in [3.05, 3.63) is 65.6 Å². The molecule has 190 valence electrons. The lowest BCUT2D eigenvalue weighted by atomic mass is 10.1. The van der Waals surface area contributed by atoms with Gasteiger partial charge in [-0.1, -0.05) is 0 Å². The Morgan fingerprint density at radius 3 is 2.56 bits per heavy atom. The van der Waals surface area contributed by atoms with Gasteiger partial charge >= 0.3 is 0 Å². The van der Waals surface area contributed by atoms with Gasteiger partial charge < -0.3 is 29.5 Å². The molecule has 1 aliphatic rings. The van der Waals surface area contributed by atoms with E-state index in [0.717, 1.165) is 6.07 Å². The molecule has 1 aromatic heterocycles. The second kappa shape index (κ2) is 10.8. The normalized spacial score (nSPS) is 14.2. The number of ether oxygens (including phenoxy) is 3. The van der Waals surface area contributed by atoms with E-state index in [1.165, 1.54) is 30.3 Å². The van der Waals surface area contributed by atoms with Crippen molar-refractivity contribution in [3.8, 4) is 17.2 Å². The van der Waals surface area contributed by atoms with Crippen LogP contribution in [-0.2, 0) is 11.8 Å². The van der Waals surface area contributed by atoms with E-state index in [1.54, 1.807) is 42.9 Å². The third kappa shape index (κ3) is 5.81. The number of aryl methyl sites for hydroxylation is 1. The zero-order valence-corrected chi connectivity index (χ0v) is 20.1. The van der Waals surface area contributed by atoms with Gasteiger partial charge in [-0.25, -0.2) is 4.39 Å². The zero-order chi connectivity index (χ0) is 25.8. The first-order chi connectivity index (χ1) is 17.2. The van der Waals surface area contributed by atoms with Crippen LogP contribution >= 0.6 is 0 Å². The summed E-state index contributed by atoms with van der Waals surface area (Å²) in [6.07, 6.45) is 1.13. The van der Waals surface area contributed by atoms with Crippen molar-refractivity contribution in [2.45, 2.75) is 19.1 Å². The number of amides is 2. The second-order valence-corrected chi connectivity index (χ2v) is 8.45. The number of nitrogens with zero attached hydrogens (tertiary/aromatic N) is 3. The minimum atomic E-state index is -0.737. The van der Waals surface area contributed by atoms with Gasteiger partial charge in [-0.15, -0.1) is 0 Å². The van der Waals surface area contributed by atoms with Crippen LogP contribution in [0.25, 0.3) is 0 Å². The maximum absolute atomic E-state index is 14.9. The maximum Gasteiger partial charge on any atom is 0.257 e. The summed E-state index contributed by atoms with van der Waals surface area (Å²) in [4.78, 5) is 26.9. The number of rotatable bonds is 9. The van der Waals surface area contributed by atoms with Crippen molar-refractivity contribution in [2.75, 3.05) is 32.1 Å². The van der Waals surface area contributed by atoms with Gasteiger partial charge in [0.05, 0.1) is 12.7 Å². The number of aromatic nitrogens is 2. The van der Waals surface area contributed by atoms with Gasteiger partial charge in [0.2, 0.25) is 0 Å². The molecule has 2 amide bonds. The highest BCUT2D eigenvalue weighted by Crippen LogP contribution is 2.31. The van der Waals surface area contributed by atoms with Crippen LogP contribution in [0, 0.1) is 5.82 Å². The van der Waals surface area contributed by atoms with Crippen molar-refractivity contribution in [1.82, 2.24) is 14.7 Å². The highest BCUT2D eigenvalue weighted by atomic mass is 19.1. The molecule has 1 fully saturated rings. The van der Waals surface area contributed by atoms with Crippen LogP contribution in [0.5, 0.6) is 17.2 Å². The van der Waals surface area contributed by atoms with E-state index >= 15 is 0 Å². The van der Waals surface area contributed by atoms with Gasteiger partial charge in [-0.05, 0) is 37.3 Å². The highest BCUT2D eigenvalue weighted by Gasteiger charge is 2.31. The number of hydrogen-bond acceptors (Lipinski definition) is 7. The number of halogens is 1. The number of carbonyl (C=O) groups is 2. The number of nitrogens with one attached hydrogen (secondary N) is 1. The molecule has 36 heavy (non-hydrogen) atoms. The quantitative estimate of drug-likeness (QED) is 0.466. The molecule has 2 aromatic carbocycles. The fraction of sp³-hybridized carbons (Fsp3) is 0.320. The largest absolute Gasteiger partial charge is 0.488 e. The molecule has 1 atom stereocenters. The SMILES string of the molecule is COC1CN(C(=O)c2ccc(Oc3cc(O[C@@H](C)CO)cc(C(=O)Nc4ccn(C)n4)c3)c(F)c2)C1. The number of aliphatic hydroxyl groups excluding tert-OH is 1. The molecule has 0 aliphatic carbocycles. The summed E-state index contributed by atoms with van der Waals surface area (Å²) < 4.78 is 32.9. The van der Waals surface area contributed by atoms with Crippen LogP contribution in [0.2, 0.25) is 0 Å². The minimum absolute atomic E-state index is 0.00600. The van der Waals surface area contributed by atoms with Gasteiger partial charge in [0.25, 0.3) is 11.8 Å². The van der Waals surface area contributed by atoms with E-state index in [2.05, 4.69) is 10.4 Å². The molecule has 10 nitrogen and oxygen atoms in total. The monoisotopic (exact) mass is 498 g/mol. The zero-order valence-electron chi connectivity index (χ0n) is 20.1. The van der Waals surface area contributed by atoms with Crippen molar-refractivity contribution < 1.29 is 33.3 Å². The summed E-state index contributed by atoms with van der Waals surface area (Å²) in [6, 6.07) is 9.97. The van der Waals surface area contributed by atoms with Crippen LogP contribution in [-0.4, -0.2) is 70.6 Å². The van der Waals surface area contributed by atoms with E-state index in [0.29, 0.717) is 18.9 Å². The molecule has 0 bridgehead atoms. The number of likely N-dealkylation sites (tertiary alicyclic amines) is 1. The summed E-state index contributed by atoms with van der Waals surface area (Å²) in [5, 5.41) is 16.1. The lowest BCUT2D eigenvalue weighted by Crippen LogP contribution is -2.54. The van der Waals surface area contributed by atoms with E-state index in [1.807, 2.05) is 0 Å². The summed E-state index contributed by atoms with van der Waals surface area (Å²) in [5.41, 5.74) is 0.370. The Bertz CT molecular complexity index is 1260. The first kappa shape index (κ1) is 25.1. The van der Waals surface area contributed by atoms with Gasteiger partial charge in [0, 0.05) is 56.7 Å². The van der Waals surface area contributed by atoms with Gasteiger partial charge in [-0.2, -0.15) is 5.10 Å². The summed E-state index contributed by atoms with van der Waals surface area (Å²) in [7, 11) is 3.30. The molecule has 3 aromatic rings. The lowest BCUT2D eigenvalue weighted by molar-refractivity contribution is -0.0192. The van der Waals surface area contributed by atoms with Crippen LogP contribution < -0.4 is 14.8 Å². The number of methoxy groups -OCH3 is 1. The Balaban J connectivity index is 1.54. The fourth-order valence-electron chi connectivity index (χ4n) is 3.55. The Morgan fingerprint density at radius 2 is 1.92 bits per heavy atom. The van der Waals surface area contributed by atoms with Crippen LogP contribution in [0.4, 0.5) is 10.2 Å². The number of benzene rings is 2. The van der Waals surface area contributed by atoms with Crippen molar-refractivity contribution in [3.63, 3.8) is 0 Å². The Morgan fingerprint density at radius 1 is 1.17 bits per heavy atom. The first-order valence-electron chi connectivity index (χ1n) is 11.3. The molecule has 0 saturated carbocycles. The van der Waals surface area contributed by atoms with Gasteiger partial charge in [0.15, 0.2) is 17.4 Å². The molecule has 0 radical (unpaired) electrons. The molecule has 2 N–H and O–H groups in total. The number of anilines is 1. The van der Waals surface area contributed by atoms with Crippen LogP contribution in [0.15, 0.2) is 48.7 Å². The van der Waals surface area contributed by atoms with E-state index < -0.39 is 17.8 Å². The molecule has 2 heterocycles. The number of carbonyl (C=O) groups excluding carboxylic acids is 2. The maximum atomic E-state index is 14.9. The lowest BCUT2D eigenvalue weighted by Gasteiger charge is -2.38. The van der Waals surface area contributed by atoms with Crippen LogP contribution in [0.1, 0.15) is 27.6 Å². The predicted molar refractivity (Wildman–Crippen MR) is 128 cm³/mol.